The molecule has 0 amide bonds. The van der Waals surface area contributed by atoms with Crippen LogP contribution >= 0.6 is 11.3 Å². The van der Waals surface area contributed by atoms with Crippen molar-refractivity contribution in [2.75, 3.05) is 7.11 Å². The first-order chi connectivity index (χ1) is 9.76. The van der Waals surface area contributed by atoms with Crippen LogP contribution in [0, 0.1) is 5.92 Å². The Morgan fingerprint density at radius 2 is 2.15 bits per heavy atom. The highest BCUT2D eigenvalue weighted by Crippen LogP contribution is 2.38. The molecule has 0 bridgehead atoms. The van der Waals surface area contributed by atoms with E-state index in [1.807, 2.05) is 11.3 Å². The molecule has 0 spiro atoms. The van der Waals surface area contributed by atoms with E-state index in [1.54, 1.807) is 7.11 Å². The second kappa shape index (κ2) is 6.54. The number of hydrogen-bond donors (Lipinski definition) is 1. The van der Waals surface area contributed by atoms with E-state index in [0.29, 0.717) is 12.5 Å². The lowest BCUT2D eigenvalue weighted by molar-refractivity contribution is 0.181. The average Bonchev–Trinajstić information content (AvgIpc) is 3.18. The minimum atomic E-state index is 0.653. The number of aromatic nitrogens is 1. The lowest BCUT2D eigenvalue weighted by Gasteiger charge is -2.24. The van der Waals surface area contributed by atoms with E-state index in [2.05, 4.69) is 12.2 Å². The molecule has 2 aliphatic carbocycles. The fourth-order valence-electron chi connectivity index (χ4n) is 3.15. The number of rotatable bonds is 6. The van der Waals surface area contributed by atoms with Gasteiger partial charge in [-0.25, -0.2) is 4.98 Å². The van der Waals surface area contributed by atoms with Crippen LogP contribution in [0.15, 0.2) is 0 Å². The molecule has 2 fully saturated rings. The van der Waals surface area contributed by atoms with E-state index in [-0.39, 0.29) is 0 Å². The lowest BCUT2D eigenvalue weighted by atomic mass is 9.83. The second-order valence-electron chi connectivity index (χ2n) is 6.48. The molecule has 2 saturated carbocycles. The van der Waals surface area contributed by atoms with Crippen LogP contribution in [0.5, 0.6) is 0 Å². The third kappa shape index (κ3) is 3.60. The van der Waals surface area contributed by atoms with Crippen LogP contribution < -0.4 is 5.32 Å². The van der Waals surface area contributed by atoms with E-state index < -0.39 is 0 Å². The zero-order chi connectivity index (χ0) is 13.9. The molecule has 3 rings (SSSR count). The predicted molar refractivity (Wildman–Crippen MR) is 83.1 cm³/mol. The third-order valence-electron chi connectivity index (χ3n) is 4.49. The van der Waals surface area contributed by atoms with Gasteiger partial charge in [-0.05, 0) is 31.6 Å². The highest BCUT2D eigenvalue weighted by atomic mass is 32.1. The summed E-state index contributed by atoms with van der Waals surface area (Å²) in [6.07, 6.45) is 8.07. The van der Waals surface area contributed by atoms with Gasteiger partial charge in [0.25, 0.3) is 0 Å². The number of nitrogens with zero attached hydrogens (tertiary/aromatic N) is 1. The molecule has 3 nitrogen and oxygen atoms in total. The summed E-state index contributed by atoms with van der Waals surface area (Å²) >= 11 is 1.92. The van der Waals surface area contributed by atoms with Crippen molar-refractivity contribution in [1.29, 1.82) is 0 Å². The van der Waals surface area contributed by atoms with E-state index in [0.717, 1.165) is 18.5 Å². The molecule has 112 valence electrons. The van der Waals surface area contributed by atoms with Crippen LogP contribution in [0.4, 0.5) is 0 Å². The molecule has 1 heterocycles. The van der Waals surface area contributed by atoms with Crippen molar-refractivity contribution >= 4 is 11.3 Å². The number of nitrogens with one attached hydrogen (secondary N) is 1. The summed E-state index contributed by atoms with van der Waals surface area (Å²) in [5, 5.41) is 4.97. The molecule has 1 N–H and O–H groups in total. The Labute approximate surface area is 126 Å². The lowest BCUT2D eigenvalue weighted by Crippen LogP contribution is -2.15. The standard InChI is InChI=1S/C16H26N2OS/c1-11-4-3-5-12(8-11)16-18-14(10-19-2)15(20-16)9-17-13-6-7-13/h11-13,17H,3-10H2,1-2H3. The Balaban J connectivity index is 1.70. The molecule has 0 aromatic carbocycles. The Bertz CT molecular complexity index is 442. The summed E-state index contributed by atoms with van der Waals surface area (Å²) in [4.78, 5) is 6.31. The van der Waals surface area contributed by atoms with E-state index in [4.69, 9.17) is 9.72 Å². The van der Waals surface area contributed by atoms with Crippen molar-refractivity contribution in [2.24, 2.45) is 5.92 Å². The van der Waals surface area contributed by atoms with E-state index >= 15 is 0 Å². The van der Waals surface area contributed by atoms with Crippen LogP contribution in [0.3, 0.4) is 0 Å². The number of hydrogen-bond acceptors (Lipinski definition) is 4. The summed E-state index contributed by atoms with van der Waals surface area (Å²) < 4.78 is 5.33. The topological polar surface area (TPSA) is 34.1 Å². The minimum Gasteiger partial charge on any atom is -0.378 e. The molecule has 4 heteroatoms. The first kappa shape index (κ1) is 14.5. The van der Waals surface area contributed by atoms with Gasteiger partial charge in [0.05, 0.1) is 17.3 Å². The van der Waals surface area contributed by atoms with Gasteiger partial charge in [-0.2, -0.15) is 0 Å². The molecule has 2 aliphatic rings. The van der Waals surface area contributed by atoms with Crippen LogP contribution in [0.25, 0.3) is 0 Å². The van der Waals surface area contributed by atoms with Crippen LogP contribution in [-0.2, 0) is 17.9 Å². The van der Waals surface area contributed by atoms with Crippen LogP contribution in [-0.4, -0.2) is 18.1 Å². The van der Waals surface area contributed by atoms with Gasteiger partial charge in [0.15, 0.2) is 0 Å². The monoisotopic (exact) mass is 294 g/mol. The van der Waals surface area contributed by atoms with Gasteiger partial charge in [-0.3, -0.25) is 0 Å². The van der Waals surface area contributed by atoms with Crippen molar-refractivity contribution in [1.82, 2.24) is 10.3 Å². The number of ether oxygens (including phenoxy) is 1. The quantitative estimate of drug-likeness (QED) is 0.865. The normalized spacial score (nSPS) is 26.9. The van der Waals surface area contributed by atoms with Gasteiger partial charge in [-0.15, -0.1) is 11.3 Å². The molecule has 20 heavy (non-hydrogen) atoms. The van der Waals surface area contributed by atoms with Crippen molar-refractivity contribution < 1.29 is 4.74 Å². The fraction of sp³-hybridized carbons (Fsp3) is 0.812. The highest BCUT2D eigenvalue weighted by Gasteiger charge is 2.26. The van der Waals surface area contributed by atoms with Gasteiger partial charge >= 0.3 is 0 Å². The van der Waals surface area contributed by atoms with Crippen LogP contribution in [0.2, 0.25) is 0 Å². The summed E-state index contributed by atoms with van der Waals surface area (Å²) in [6, 6.07) is 0.755. The van der Waals surface area contributed by atoms with Gasteiger partial charge in [0.2, 0.25) is 0 Å². The fourth-order valence-corrected chi connectivity index (χ4v) is 4.32. The van der Waals surface area contributed by atoms with Crippen molar-refractivity contribution in [2.45, 2.75) is 70.6 Å². The van der Waals surface area contributed by atoms with Crippen LogP contribution in [0.1, 0.15) is 66.9 Å². The maximum absolute atomic E-state index is 5.33. The largest absolute Gasteiger partial charge is 0.378 e. The van der Waals surface area contributed by atoms with Gasteiger partial charge in [-0.1, -0.05) is 19.8 Å². The molecular formula is C16H26N2OS. The molecule has 1 aromatic heterocycles. The first-order valence-electron chi connectivity index (χ1n) is 7.97. The zero-order valence-electron chi connectivity index (χ0n) is 12.7. The molecule has 0 saturated heterocycles. The average molecular weight is 294 g/mol. The molecule has 2 atom stereocenters. The minimum absolute atomic E-state index is 0.653. The Hall–Kier alpha value is -0.450. The van der Waals surface area contributed by atoms with Gasteiger partial charge in [0.1, 0.15) is 0 Å². The highest BCUT2D eigenvalue weighted by molar-refractivity contribution is 7.11. The second-order valence-corrected chi connectivity index (χ2v) is 7.59. The maximum Gasteiger partial charge on any atom is 0.0963 e. The third-order valence-corrected chi connectivity index (χ3v) is 5.75. The smallest absolute Gasteiger partial charge is 0.0963 e. The van der Waals surface area contributed by atoms with Gasteiger partial charge < -0.3 is 10.1 Å². The first-order valence-corrected chi connectivity index (χ1v) is 8.78. The van der Waals surface area contributed by atoms with Gasteiger partial charge in [0, 0.05) is 30.5 Å². The molecular weight excluding hydrogens is 268 g/mol. The van der Waals surface area contributed by atoms with Crippen molar-refractivity contribution in [3.05, 3.63) is 15.6 Å². The number of thiazole rings is 1. The molecule has 2 unspecified atom stereocenters. The summed E-state index contributed by atoms with van der Waals surface area (Å²) in [5.41, 5.74) is 1.17. The Morgan fingerprint density at radius 3 is 2.85 bits per heavy atom. The Kier molecular flexibility index (Phi) is 4.74. The summed E-state index contributed by atoms with van der Waals surface area (Å²) in [6.45, 7) is 4.01. The van der Waals surface area contributed by atoms with E-state index in [9.17, 15) is 0 Å². The number of methoxy groups -OCH3 is 1. The molecule has 1 aromatic rings. The maximum atomic E-state index is 5.33. The zero-order valence-corrected chi connectivity index (χ0v) is 13.5. The Morgan fingerprint density at radius 1 is 1.30 bits per heavy atom. The predicted octanol–water partition coefficient (Wildman–Crippen LogP) is 3.84. The molecule has 0 radical (unpaired) electrons. The SMILES string of the molecule is COCc1nc(C2CCCC(C)C2)sc1CNC1CC1. The summed E-state index contributed by atoms with van der Waals surface area (Å²) in [5.74, 6) is 1.55. The molecule has 0 aliphatic heterocycles. The van der Waals surface area contributed by atoms with Crippen molar-refractivity contribution in [3.8, 4) is 0 Å². The van der Waals surface area contributed by atoms with E-state index in [1.165, 1.54) is 54.1 Å². The van der Waals surface area contributed by atoms with Crippen molar-refractivity contribution in [3.63, 3.8) is 0 Å². The summed E-state index contributed by atoms with van der Waals surface area (Å²) in [7, 11) is 1.76.